The summed E-state index contributed by atoms with van der Waals surface area (Å²) in [6.45, 7) is 3.83. The Balaban J connectivity index is 1.79. The number of aromatic nitrogens is 1. The van der Waals surface area contributed by atoms with Gasteiger partial charge >= 0.3 is 0 Å². The van der Waals surface area contributed by atoms with Gasteiger partial charge in [-0.3, -0.25) is 14.6 Å². The first kappa shape index (κ1) is 19.1. The summed E-state index contributed by atoms with van der Waals surface area (Å²) in [5, 5.41) is 5.65. The average Bonchev–Trinajstić information content (AvgIpc) is 2.70. The number of carbonyl (C=O) groups excluding carboxylic acids is 2. The number of aryl methyl sites for hydroxylation is 2. The van der Waals surface area contributed by atoms with E-state index in [1.165, 1.54) is 18.5 Å². The molecule has 28 heavy (non-hydrogen) atoms. The van der Waals surface area contributed by atoms with Gasteiger partial charge in [0.25, 0.3) is 11.8 Å². The predicted molar refractivity (Wildman–Crippen MR) is 109 cm³/mol. The molecule has 1 aromatic heterocycles. The second-order valence-corrected chi connectivity index (χ2v) is 6.39. The highest BCUT2D eigenvalue weighted by atomic mass is 16.5. The third-order valence-electron chi connectivity index (χ3n) is 4.26. The lowest BCUT2D eigenvalue weighted by Gasteiger charge is -2.12. The molecule has 0 aliphatic carbocycles. The van der Waals surface area contributed by atoms with Crippen LogP contribution in [-0.2, 0) is 0 Å². The first-order valence-corrected chi connectivity index (χ1v) is 8.76. The zero-order valence-corrected chi connectivity index (χ0v) is 15.9. The maximum absolute atomic E-state index is 12.6. The molecule has 6 heteroatoms. The molecule has 0 radical (unpaired) electrons. The lowest BCUT2D eigenvalue weighted by Crippen LogP contribution is -2.17. The maximum atomic E-state index is 12.6. The molecule has 0 atom stereocenters. The minimum Gasteiger partial charge on any atom is -0.495 e. The van der Waals surface area contributed by atoms with Crippen molar-refractivity contribution < 1.29 is 14.3 Å². The predicted octanol–water partition coefficient (Wildman–Crippen LogP) is 4.21. The number of hydrogen-bond acceptors (Lipinski definition) is 4. The highest BCUT2D eigenvalue weighted by Crippen LogP contribution is 2.25. The molecule has 2 amide bonds. The number of methoxy groups -OCH3 is 1. The number of benzene rings is 2. The first-order valence-electron chi connectivity index (χ1n) is 8.76. The van der Waals surface area contributed by atoms with E-state index in [-0.39, 0.29) is 17.4 Å². The van der Waals surface area contributed by atoms with E-state index >= 15 is 0 Å². The van der Waals surface area contributed by atoms with Gasteiger partial charge in [0.05, 0.1) is 23.9 Å². The SMILES string of the molecule is COc1ccc(C)cc1NC(=O)c1cncc(C(=O)Nc2ccccc2C)c1. The number of nitrogens with zero attached hydrogens (tertiary/aromatic N) is 1. The van der Waals surface area contributed by atoms with Crippen LogP contribution in [0, 0.1) is 13.8 Å². The lowest BCUT2D eigenvalue weighted by atomic mass is 10.1. The fourth-order valence-electron chi connectivity index (χ4n) is 2.71. The van der Waals surface area contributed by atoms with Gasteiger partial charge in [0, 0.05) is 18.1 Å². The minimum absolute atomic E-state index is 0.279. The van der Waals surface area contributed by atoms with Crippen LogP contribution in [0.5, 0.6) is 5.75 Å². The summed E-state index contributed by atoms with van der Waals surface area (Å²) >= 11 is 0. The quantitative estimate of drug-likeness (QED) is 0.700. The molecule has 0 saturated heterocycles. The van der Waals surface area contributed by atoms with Gasteiger partial charge in [0.1, 0.15) is 5.75 Å². The standard InChI is InChI=1S/C22H21N3O3/c1-14-8-9-20(28-3)19(10-14)25-22(27)17-11-16(12-23-13-17)21(26)24-18-7-5-4-6-15(18)2/h4-13H,1-3H3,(H,24,26)(H,25,27). The van der Waals surface area contributed by atoms with Gasteiger partial charge in [-0.2, -0.15) is 0 Å². The number of para-hydroxylation sites is 1. The van der Waals surface area contributed by atoms with Crippen LogP contribution in [-0.4, -0.2) is 23.9 Å². The van der Waals surface area contributed by atoms with E-state index in [9.17, 15) is 9.59 Å². The molecular formula is C22H21N3O3. The Labute approximate surface area is 163 Å². The fourth-order valence-corrected chi connectivity index (χ4v) is 2.71. The Morgan fingerprint density at radius 1 is 0.857 bits per heavy atom. The topological polar surface area (TPSA) is 80.3 Å². The van der Waals surface area contributed by atoms with Crippen molar-refractivity contribution in [2.75, 3.05) is 17.7 Å². The summed E-state index contributed by atoms with van der Waals surface area (Å²) in [6.07, 6.45) is 2.85. The largest absolute Gasteiger partial charge is 0.495 e. The van der Waals surface area contributed by atoms with Crippen LogP contribution in [0.25, 0.3) is 0 Å². The number of rotatable bonds is 5. The highest BCUT2D eigenvalue weighted by molar-refractivity contribution is 6.08. The number of ether oxygens (including phenoxy) is 1. The van der Waals surface area contributed by atoms with Gasteiger partial charge in [0.15, 0.2) is 0 Å². The number of nitrogens with one attached hydrogen (secondary N) is 2. The minimum atomic E-state index is -0.373. The van der Waals surface area contributed by atoms with Gasteiger partial charge in [0.2, 0.25) is 0 Å². The van der Waals surface area contributed by atoms with Crippen molar-refractivity contribution in [2.45, 2.75) is 13.8 Å². The second-order valence-electron chi connectivity index (χ2n) is 6.39. The van der Waals surface area contributed by atoms with Crippen molar-refractivity contribution in [3.63, 3.8) is 0 Å². The molecule has 3 aromatic rings. The number of carbonyl (C=O) groups is 2. The summed E-state index contributed by atoms with van der Waals surface area (Å²) in [5.41, 5.74) is 3.78. The van der Waals surface area contributed by atoms with E-state index in [1.54, 1.807) is 13.2 Å². The molecule has 0 bridgehead atoms. The molecule has 3 rings (SSSR count). The van der Waals surface area contributed by atoms with Crippen LogP contribution < -0.4 is 15.4 Å². The summed E-state index contributed by atoms with van der Waals surface area (Å²) in [6, 6.07) is 14.5. The maximum Gasteiger partial charge on any atom is 0.257 e. The van der Waals surface area contributed by atoms with E-state index in [4.69, 9.17) is 4.74 Å². The van der Waals surface area contributed by atoms with Crippen LogP contribution in [0.4, 0.5) is 11.4 Å². The number of amides is 2. The molecule has 2 N–H and O–H groups in total. The molecule has 0 unspecified atom stereocenters. The second kappa shape index (κ2) is 8.35. The van der Waals surface area contributed by atoms with Gasteiger partial charge in [-0.05, 0) is 49.2 Å². The molecular weight excluding hydrogens is 354 g/mol. The molecule has 6 nitrogen and oxygen atoms in total. The summed E-state index contributed by atoms with van der Waals surface area (Å²) < 4.78 is 5.28. The Bertz CT molecular complexity index is 1030. The Hall–Kier alpha value is -3.67. The first-order chi connectivity index (χ1) is 13.5. The van der Waals surface area contributed by atoms with Crippen LogP contribution in [0.1, 0.15) is 31.8 Å². The molecule has 0 aliphatic heterocycles. The molecule has 2 aromatic carbocycles. The molecule has 0 spiro atoms. The smallest absolute Gasteiger partial charge is 0.257 e. The third kappa shape index (κ3) is 4.35. The lowest BCUT2D eigenvalue weighted by molar-refractivity contribution is 0.102. The van der Waals surface area contributed by atoms with E-state index < -0.39 is 0 Å². The van der Waals surface area contributed by atoms with Crippen molar-refractivity contribution in [1.82, 2.24) is 4.98 Å². The zero-order valence-electron chi connectivity index (χ0n) is 15.9. The van der Waals surface area contributed by atoms with Crippen molar-refractivity contribution in [3.05, 3.63) is 83.2 Å². The van der Waals surface area contributed by atoms with E-state index in [2.05, 4.69) is 15.6 Å². The fraction of sp³-hybridized carbons (Fsp3) is 0.136. The third-order valence-corrected chi connectivity index (χ3v) is 4.26. The van der Waals surface area contributed by atoms with Crippen LogP contribution in [0.2, 0.25) is 0 Å². The van der Waals surface area contributed by atoms with Gasteiger partial charge in [-0.15, -0.1) is 0 Å². The zero-order chi connectivity index (χ0) is 20.1. The number of anilines is 2. The van der Waals surface area contributed by atoms with Crippen molar-refractivity contribution >= 4 is 23.2 Å². The molecule has 0 saturated carbocycles. The summed E-state index contributed by atoms with van der Waals surface area (Å²) in [7, 11) is 1.54. The van der Waals surface area contributed by atoms with Crippen molar-refractivity contribution in [2.24, 2.45) is 0 Å². The summed E-state index contributed by atoms with van der Waals surface area (Å²) in [5.74, 6) is -0.146. The van der Waals surface area contributed by atoms with Gasteiger partial charge in [-0.1, -0.05) is 24.3 Å². The summed E-state index contributed by atoms with van der Waals surface area (Å²) in [4.78, 5) is 29.2. The van der Waals surface area contributed by atoms with Gasteiger partial charge in [-0.25, -0.2) is 0 Å². The van der Waals surface area contributed by atoms with E-state index in [0.29, 0.717) is 22.7 Å². The molecule has 142 valence electrons. The number of hydrogen-bond donors (Lipinski definition) is 2. The van der Waals surface area contributed by atoms with Crippen LogP contribution in [0.15, 0.2) is 60.9 Å². The molecule has 1 heterocycles. The average molecular weight is 375 g/mol. The van der Waals surface area contributed by atoms with E-state index in [0.717, 1.165) is 11.1 Å². The normalized spacial score (nSPS) is 10.2. The van der Waals surface area contributed by atoms with E-state index in [1.807, 2.05) is 50.2 Å². The molecule has 0 fully saturated rings. The Morgan fingerprint density at radius 3 is 2.14 bits per heavy atom. The highest BCUT2D eigenvalue weighted by Gasteiger charge is 2.14. The van der Waals surface area contributed by atoms with Gasteiger partial charge < -0.3 is 15.4 Å². The Kier molecular flexibility index (Phi) is 5.69. The molecule has 0 aliphatic rings. The Morgan fingerprint density at radius 2 is 1.50 bits per heavy atom. The van der Waals surface area contributed by atoms with Crippen molar-refractivity contribution in [3.8, 4) is 5.75 Å². The van der Waals surface area contributed by atoms with Crippen molar-refractivity contribution in [1.29, 1.82) is 0 Å². The van der Waals surface area contributed by atoms with Crippen LogP contribution >= 0.6 is 0 Å². The number of pyridine rings is 1. The van der Waals surface area contributed by atoms with Crippen LogP contribution in [0.3, 0.4) is 0 Å². The monoisotopic (exact) mass is 375 g/mol.